The number of thioether (sulfide) groups is 1. The third kappa shape index (κ3) is 2.29. The summed E-state index contributed by atoms with van der Waals surface area (Å²) in [4.78, 5) is 1.13. The van der Waals surface area contributed by atoms with Gasteiger partial charge in [0.05, 0.1) is 4.90 Å². The van der Waals surface area contributed by atoms with Crippen LogP contribution in [0.15, 0.2) is 28.0 Å². The Morgan fingerprint density at radius 3 is 2.50 bits per heavy atom. The van der Waals surface area contributed by atoms with E-state index in [4.69, 9.17) is 5.73 Å². The van der Waals surface area contributed by atoms with Crippen molar-refractivity contribution >= 4 is 21.6 Å². The summed E-state index contributed by atoms with van der Waals surface area (Å²) in [5.74, 6) is 0. The lowest BCUT2D eigenvalue weighted by Gasteiger charge is -2.09. The normalized spacial score (nSPS) is 11.6. The molecule has 0 spiro atoms. The molecule has 14 heavy (non-hydrogen) atoms. The monoisotopic (exact) mass is 231 g/mol. The molecule has 3 nitrogen and oxygen atoms in total. The fourth-order valence-electron chi connectivity index (χ4n) is 1.25. The van der Waals surface area contributed by atoms with Gasteiger partial charge in [0.15, 0.2) is 9.84 Å². The average molecular weight is 231 g/mol. The summed E-state index contributed by atoms with van der Waals surface area (Å²) >= 11 is 1.41. The maximum atomic E-state index is 11.4. The van der Waals surface area contributed by atoms with Crippen molar-refractivity contribution in [3.8, 4) is 0 Å². The molecule has 5 heteroatoms. The van der Waals surface area contributed by atoms with E-state index in [1.54, 1.807) is 12.1 Å². The van der Waals surface area contributed by atoms with Crippen molar-refractivity contribution in [2.45, 2.75) is 16.3 Å². The fourth-order valence-corrected chi connectivity index (χ4v) is 3.43. The van der Waals surface area contributed by atoms with Gasteiger partial charge in [-0.2, -0.15) is 0 Å². The van der Waals surface area contributed by atoms with Gasteiger partial charge in [-0.15, -0.1) is 11.8 Å². The minimum absolute atomic E-state index is 0.361. The third-order valence-electron chi connectivity index (χ3n) is 1.88. The molecule has 1 aromatic rings. The summed E-state index contributed by atoms with van der Waals surface area (Å²) in [6, 6.07) is 5.18. The van der Waals surface area contributed by atoms with Crippen molar-refractivity contribution in [3.05, 3.63) is 23.8 Å². The Morgan fingerprint density at radius 2 is 2.07 bits per heavy atom. The highest BCUT2D eigenvalue weighted by Gasteiger charge is 2.14. The molecule has 0 aliphatic carbocycles. The highest BCUT2D eigenvalue weighted by atomic mass is 32.2. The first-order chi connectivity index (χ1) is 6.50. The number of rotatable bonds is 3. The molecule has 0 heterocycles. The third-order valence-corrected chi connectivity index (χ3v) is 4.04. The van der Waals surface area contributed by atoms with Crippen LogP contribution < -0.4 is 5.73 Å². The van der Waals surface area contributed by atoms with Crippen molar-refractivity contribution in [2.24, 2.45) is 5.73 Å². The van der Waals surface area contributed by atoms with Crippen LogP contribution in [-0.4, -0.2) is 20.9 Å². The molecule has 1 rings (SSSR count). The minimum atomic E-state index is -3.15. The second-order valence-electron chi connectivity index (χ2n) is 2.92. The standard InChI is InChI=1S/C9H13NO2S2/c1-13-9-7(6-10)4-3-5-8(9)14(2,11)12/h3-5H,6,10H2,1-2H3. The van der Waals surface area contributed by atoms with E-state index in [9.17, 15) is 8.42 Å². The van der Waals surface area contributed by atoms with Crippen molar-refractivity contribution < 1.29 is 8.42 Å². The zero-order valence-corrected chi connectivity index (χ0v) is 9.78. The van der Waals surface area contributed by atoms with E-state index in [-0.39, 0.29) is 0 Å². The Balaban J connectivity index is 3.45. The zero-order chi connectivity index (χ0) is 10.8. The van der Waals surface area contributed by atoms with Crippen LogP contribution >= 0.6 is 11.8 Å². The van der Waals surface area contributed by atoms with Crippen LogP contribution in [0.2, 0.25) is 0 Å². The van der Waals surface area contributed by atoms with E-state index in [1.807, 2.05) is 12.3 Å². The minimum Gasteiger partial charge on any atom is -0.326 e. The van der Waals surface area contributed by atoms with Gasteiger partial charge >= 0.3 is 0 Å². The van der Waals surface area contributed by atoms with Gasteiger partial charge in [0.2, 0.25) is 0 Å². The first-order valence-electron chi connectivity index (χ1n) is 4.06. The predicted octanol–water partition coefficient (Wildman–Crippen LogP) is 1.27. The zero-order valence-electron chi connectivity index (χ0n) is 8.15. The molecule has 0 radical (unpaired) electrons. The summed E-state index contributed by atoms with van der Waals surface area (Å²) in [6.07, 6.45) is 3.06. The second kappa shape index (κ2) is 4.33. The summed E-state index contributed by atoms with van der Waals surface area (Å²) < 4.78 is 22.9. The SMILES string of the molecule is CSc1c(CN)cccc1S(C)(=O)=O. The first-order valence-corrected chi connectivity index (χ1v) is 7.18. The molecule has 0 saturated carbocycles. The van der Waals surface area contributed by atoms with Gasteiger partial charge in [0.1, 0.15) is 0 Å². The molecule has 0 atom stereocenters. The lowest BCUT2D eigenvalue weighted by molar-refractivity contribution is 0.599. The molecule has 0 bridgehead atoms. The number of hydrogen-bond donors (Lipinski definition) is 1. The van der Waals surface area contributed by atoms with Gasteiger partial charge in [-0.25, -0.2) is 8.42 Å². The smallest absolute Gasteiger partial charge is 0.176 e. The summed E-state index contributed by atoms with van der Waals surface area (Å²) in [6.45, 7) is 0.361. The van der Waals surface area contributed by atoms with E-state index in [1.165, 1.54) is 18.0 Å². The molecular weight excluding hydrogens is 218 g/mol. The van der Waals surface area contributed by atoms with Crippen molar-refractivity contribution in [3.63, 3.8) is 0 Å². The molecule has 0 aliphatic heterocycles. The Morgan fingerprint density at radius 1 is 1.43 bits per heavy atom. The molecular formula is C9H13NO2S2. The topological polar surface area (TPSA) is 60.2 Å². The number of nitrogens with two attached hydrogens (primary N) is 1. The van der Waals surface area contributed by atoms with Crippen molar-refractivity contribution in [2.75, 3.05) is 12.5 Å². The lowest BCUT2D eigenvalue weighted by Crippen LogP contribution is -2.04. The lowest BCUT2D eigenvalue weighted by atomic mass is 10.2. The molecule has 0 amide bonds. The van der Waals surface area contributed by atoms with Gasteiger partial charge in [-0.3, -0.25) is 0 Å². The number of benzene rings is 1. The van der Waals surface area contributed by atoms with E-state index in [2.05, 4.69) is 0 Å². The predicted molar refractivity (Wildman–Crippen MR) is 59.2 cm³/mol. The van der Waals surface area contributed by atoms with Gasteiger partial charge in [0, 0.05) is 17.7 Å². The molecule has 0 aromatic heterocycles. The van der Waals surface area contributed by atoms with Crippen LogP contribution in [0.25, 0.3) is 0 Å². The van der Waals surface area contributed by atoms with Gasteiger partial charge in [-0.1, -0.05) is 12.1 Å². The highest BCUT2D eigenvalue weighted by Crippen LogP contribution is 2.28. The fraction of sp³-hybridized carbons (Fsp3) is 0.333. The van der Waals surface area contributed by atoms with Crippen LogP contribution in [-0.2, 0) is 16.4 Å². The number of hydrogen-bond acceptors (Lipinski definition) is 4. The Hall–Kier alpha value is -0.520. The van der Waals surface area contributed by atoms with Crippen molar-refractivity contribution in [1.82, 2.24) is 0 Å². The van der Waals surface area contributed by atoms with Crippen LogP contribution in [0, 0.1) is 0 Å². The van der Waals surface area contributed by atoms with E-state index in [0.717, 1.165) is 10.5 Å². The van der Waals surface area contributed by atoms with Crippen molar-refractivity contribution in [1.29, 1.82) is 0 Å². The van der Waals surface area contributed by atoms with Gasteiger partial charge in [-0.05, 0) is 17.9 Å². The molecule has 0 saturated heterocycles. The van der Waals surface area contributed by atoms with Crippen LogP contribution in [0.3, 0.4) is 0 Å². The summed E-state index contributed by atoms with van der Waals surface area (Å²) in [5, 5.41) is 0. The average Bonchev–Trinajstić information content (AvgIpc) is 2.15. The summed E-state index contributed by atoms with van der Waals surface area (Å²) in [7, 11) is -3.15. The van der Waals surface area contributed by atoms with Gasteiger partial charge < -0.3 is 5.73 Å². The summed E-state index contributed by atoms with van der Waals surface area (Å²) in [5.41, 5.74) is 6.41. The van der Waals surface area contributed by atoms with Crippen LogP contribution in [0.1, 0.15) is 5.56 Å². The first kappa shape index (κ1) is 11.6. The van der Waals surface area contributed by atoms with E-state index >= 15 is 0 Å². The molecule has 0 fully saturated rings. The maximum absolute atomic E-state index is 11.4. The maximum Gasteiger partial charge on any atom is 0.176 e. The Kier molecular flexibility index (Phi) is 3.58. The molecule has 0 aliphatic rings. The molecule has 2 N–H and O–H groups in total. The van der Waals surface area contributed by atoms with Gasteiger partial charge in [0.25, 0.3) is 0 Å². The molecule has 78 valence electrons. The van der Waals surface area contributed by atoms with Crippen LogP contribution in [0.4, 0.5) is 0 Å². The largest absolute Gasteiger partial charge is 0.326 e. The quantitative estimate of drug-likeness (QED) is 0.796. The Bertz CT molecular complexity index is 426. The number of sulfone groups is 1. The van der Waals surface area contributed by atoms with E-state index < -0.39 is 9.84 Å². The second-order valence-corrected chi connectivity index (χ2v) is 5.73. The van der Waals surface area contributed by atoms with E-state index in [0.29, 0.717) is 11.4 Å². The molecule has 0 unspecified atom stereocenters. The van der Waals surface area contributed by atoms with Crippen LogP contribution in [0.5, 0.6) is 0 Å². The molecule has 1 aromatic carbocycles. The highest BCUT2D eigenvalue weighted by molar-refractivity contribution is 7.99. The Labute approximate surface area is 88.6 Å².